The van der Waals surface area contributed by atoms with Gasteiger partial charge < -0.3 is 10.2 Å². The Morgan fingerprint density at radius 2 is 1.62 bits per heavy atom. The molecule has 0 fully saturated rings. The van der Waals surface area contributed by atoms with Crippen LogP contribution in [0.1, 0.15) is 50.8 Å². The molecule has 2 aromatic rings. The van der Waals surface area contributed by atoms with Gasteiger partial charge in [-0.15, -0.1) is 0 Å². The molecular formula is C26H37N3O4S. The summed E-state index contributed by atoms with van der Waals surface area (Å²) in [7, 11) is -3.73. The van der Waals surface area contributed by atoms with Crippen molar-refractivity contribution in [3.63, 3.8) is 0 Å². The van der Waals surface area contributed by atoms with E-state index in [1.54, 1.807) is 19.1 Å². The van der Waals surface area contributed by atoms with E-state index in [0.29, 0.717) is 5.69 Å². The molecule has 2 rings (SSSR count). The van der Waals surface area contributed by atoms with Crippen LogP contribution in [0, 0.1) is 6.92 Å². The average molecular weight is 488 g/mol. The topological polar surface area (TPSA) is 86.8 Å². The van der Waals surface area contributed by atoms with Crippen LogP contribution < -0.4 is 9.62 Å². The highest BCUT2D eigenvalue weighted by Crippen LogP contribution is 2.20. The van der Waals surface area contributed by atoms with Gasteiger partial charge in [0.1, 0.15) is 12.6 Å². The van der Waals surface area contributed by atoms with Crippen molar-refractivity contribution in [3.05, 3.63) is 65.2 Å². The molecule has 0 radical (unpaired) electrons. The van der Waals surface area contributed by atoms with Gasteiger partial charge in [-0.25, -0.2) is 8.42 Å². The maximum atomic E-state index is 13.6. The van der Waals surface area contributed by atoms with Crippen LogP contribution in [0.4, 0.5) is 5.69 Å². The molecule has 0 bridgehead atoms. The van der Waals surface area contributed by atoms with E-state index in [1.165, 1.54) is 4.90 Å². The lowest BCUT2D eigenvalue weighted by Gasteiger charge is -2.32. The monoisotopic (exact) mass is 487 g/mol. The molecule has 0 heterocycles. The van der Waals surface area contributed by atoms with Gasteiger partial charge in [0.15, 0.2) is 0 Å². The molecular weight excluding hydrogens is 450 g/mol. The van der Waals surface area contributed by atoms with Crippen LogP contribution in [0.2, 0.25) is 0 Å². The molecule has 0 aliphatic heterocycles. The zero-order valence-electron chi connectivity index (χ0n) is 21.0. The molecule has 2 atom stereocenters. The summed E-state index contributed by atoms with van der Waals surface area (Å²) >= 11 is 0. The predicted octanol–water partition coefficient (Wildman–Crippen LogP) is 3.66. The summed E-state index contributed by atoms with van der Waals surface area (Å²) in [6.07, 6.45) is 2.67. The lowest BCUT2D eigenvalue weighted by Crippen LogP contribution is -2.52. The Kier molecular flexibility index (Phi) is 9.67. The van der Waals surface area contributed by atoms with Crippen molar-refractivity contribution in [1.82, 2.24) is 10.2 Å². The molecule has 0 saturated heterocycles. The standard InChI is InChI=1S/C26H37N3O4S/c1-7-20(4)27-26(31)21(5)28(17-23-12-10-9-11-19(23)3)25(30)18-29(34(6,32)33)24-15-13-22(8-2)14-16-24/h9-16,20-21H,7-8,17-18H2,1-6H3,(H,27,31). The number of amides is 2. The largest absolute Gasteiger partial charge is 0.352 e. The van der Waals surface area contributed by atoms with E-state index in [0.717, 1.165) is 40.1 Å². The number of hydrogen-bond donors (Lipinski definition) is 1. The summed E-state index contributed by atoms with van der Waals surface area (Å²) in [5.74, 6) is -0.713. The quantitative estimate of drug-likeness (QED) is 0.524. The van der Waals surface area contributed by atoms with Gasteiger partial charge in [0, 0.05) is 12.6 Å². The summed E-state index contributed by atoms with van der Waals surface area (Å²) in [4.78, 5) is 27.9. The van der Waals surface area contributed by atoms with Gasteiger partial charge >= 0.3 is 0 Å². The molecule has 2 amide bonds. The van der Waals surface area contributed by atoms with Crippen LogP contribution in [0.25, 0.3) is 0 Å². The van der Waals surface area contributed by atoms with Crippen molar-refractivity contribution in [2.45, 2.75) is 66.1 Å². The Bertz CT molecular complexity index is 1080. The molecule has 0 aromatic heterocycles. The number of aryl methyl sites for hydroxylation is 2. The molecule has 186 valence electrons. The number of sulfonamides is 1. The fraction of sp³-hybridized carbons (Fsp3) is 0.462. The van der Waals surface area contributed by atoms with Gasteiger partial charge in [0.05, 0.1) is 11.9 Å². The summed E-state index contributed by atoms with van der Waals surface area (Å²) in [5, 5.41) is 2.93. The first-order valence-electron chi connectivity index (χ1n) is 11.7. The third-order valence-corrected chi connectivity index (χ3v) is 7.22. The van der Waals surface area contributed by atoms with E-state index in [4.69, 9.17) is 0 Å². The summed E-state index contributed by atoms with van der Waals surface area (Å²) in [6, 6.07) is 14.0. The molecule has 0 aliphatic carbocycles. The fourth-order valence-corrected chi connectivity index (χ4v) is 4.38. The molecule has 0 spiro atoms. The molecule has 2 aromatic carbocycles. The van der Waals surface area contributed by atoms with Crippen molar-refractivity contribution in [2.75, 3.05) is 17.1 Å². The van der Waals surface area contributed by atoms with Gasteiger partial charge in [-0.3, -0.25) is 13.9 Å². The van der Waals surface area contributed by atoms with E-state index < -0.39 is 28.5 Å². The Balaban J connectivity index is 2.39. The number of hydrogen-bond acceptors (Lipinski definition) is 4. The number of nitrogens with one attached hydrogen (secondary N) is 1. The first-order valence-corrected chi connectivity index (χ1v) is 13.5. The summed E-state index contributed by atoms with van der Waals surface area (Å²) in [5.41, 5.74) is 3.38. The number of rotatable bonds is 11. The van der Waals surface area contributed by atoms with Crippen LogP contribution >= 0.6 is 0 Å². The highest BCUT2D eigenvalue weighted by atomic mass is 32.2. The van der Waals surface area contributed by atoms with E-state index >= 15 is 0 Å². The second-order valence-electron chi connectivity index (χ2n) is 8.73. The molecule has 8 heteroatoms. The van der Waals surface area contributed by atoms with Crippen LogP contribution in [-0.4, -0.2) is 50.0 Å². The van der Waals surface area contributed by atoms with E-state index in [9.17, 15) is 18.0 Å². The lowest BCUT2D eigenvalue weighted by atomic mass is 10.1. The normalized spacial score (nSPS) is 13.1. The third kappa shape index (κ3) is 7.32. The van der Waals surface area contributed by atoms with Crippen molar-refractivity contribution >= 4 is 27.5 Å². The highest BCUT2D eigenvalue weighted by molar-refractivity contribution is 7.92. The SMILES string of the molecule is CCc1ccc(N(CC(=O)N(Cc2ccccc2C)C(C)C(=O)NC(C)CC)S(C)(=O)=O)cc1. The van der Waals surface area contributed by atoms with E-state index in [-0.39, 0.29) is 18.5 Å². The van der Waals surface area contributed by atoms with Crippen LogP contribution in [0.5, 0.6) is 0 Å². The zero-order valence-corrected chi connectivity index (χ0v) is 21.9. The Hall–Kier alpha value is -2.87. The van der Waals surface area contributed by atoms with Crippen molar-refractivity contribution < 1.29 is 18.0 Å². The summed E-state index contributed by atoms with van der Waals surface area (Å²) in [6.45, 7) is 9.32. The minimum Gasteiger partial charge on any atom is -0.352 e. The van der Waals surface area contributed by atoms with Crippen molar-refractivity contribution in [3.8, 4) is 0 Å². The minimum atomic E-state index is -3.73. The first-order chi connectivity index (χ1) is 16.0. The second-order valence-corrected chi connectivity index (χ2v) is 10.6. The van der Waals surface area contributed by atoms with Gasteiger partial charge in [0.25, 0.3) is 0 Å². The zero-order chi connectivity index (χ0) is 25.5. The highest BCUT2D eigenvalue weighted by Gasteiger charge is 2.30. The average Bonchev–Trinajstić information content (AvgIpc) is 2.80. The second kappa shape index (κ2) is 12.0. The van der Waals surface area contributed by atoms with E-state index in [1.807, 2.05) is 64.1 Å². The van der Waals surface area contributed by atoms with E-state index in [2.05, 4.69) is 5.32 Å². The van der Waals surface area contributed by atoms with Gasteiger partial charge in [0.2, 0.25) is 21.8 Å². The van der Waals surface area contributed by atoms with Gasteiger partial charge in [-0.1, -0.05) is 50.2 Å². The van der Waals surface area contributed by atoms with Gasteiger partial charge in [-0.2, -0.15) is 0 Å². The van der Waals surface area contributed by atoms with Crippen LogP contribution in [-0.2, 0) is 32.6 Å². The van der Waals surface area contributed by atoms with Gasteiger partial charge in [-0.05, 0) is 62.4 Å². The maximum absolute atomic E-state index is 13.6. The van der Waals surface area contributed by atoms with Crippen molar-refractivity contribution in [1.29, 1.82) is 0 Å². The van der Waals surface area contributed by atoms with Crippen molar-refractivity contribution in [2.24, 2.45) is 0 Å². The fourth-order valence-electron chi connectivity index (χ4n) is 3.53. The molecule has 1 N–H and O–H groups in total. The number of carbonyl (C=O) groups excluding carboxylic acids is 2. The minimum absolute atomic E-state index is 0.0324. The summed E-state index contributed by atoms with van der Waals surface area (Å²) < 4.78 is 26.3. The lowest BCUT2D eigenvalue weighted by molar-refractivity contribution is -0.139. The molecule has 0 aliphatic rings. The smallest absolute Gasteiger partial charge is 0.244 e. The Morgan fingerprint density at radius 3 is 2.15 bits per heavy atom. The number of carbonyl (C=O) groups is 2. The molecule has 34 heavy (non-hydrogen) atoms. The first kappa shape index (κ1) is 27.4. The number of benzene rings is 2. The number of nitrogens with zero attached hydrogens (tertiary/aromatic N) is 2. The van der Waals surface area contributed by atoms with Crippen LogP contribution in [0.15, 0.2) is 48.5 Å². The Morgan fingerprint density at radius 1 is 1.00 bits per heavy atom. The molecule has 7 nitrogen and oxygen atoms in total. The number of anilines is 1. The Labute approximate surface area is 204 Å². The predicted molar refractivity (Wildman–Crippen MR) is 137 cm³/mol. The molecule has 2 unspecified atom stereocenters. The third-order valence-electron chi connectivity index (χ3n) is 6.08. The van der Waals surface area contributed by atoms with Crippen LogP contribution in [0.3, 0.4) is 0 Å². The molecule has 0 saturated carbocycles. The maximum Gasteiger partial charge on any atom is 0.244 e.